The van der Waals surface area contributed by atoms with Crippen molar-refractivity contribution >= 4 is 0 Å². The van der Waals surface area contributed by atoms with Crippen molar-refractivity contribution in [3.05, 3.63) is 76.8 Å². The Bertz CT molecular complexity index is 1370. The molecule has 1 fully saturated rings. The third-order valence-electron chi connectivity index (χ3n) is 7.06. The van der Waals surface area contributed by atoms with E-state index in [1.54, 1.807) is 19.3 Å². The molecule has 3 heterocycles. The summed E-state index contributed by atoms with van der Waals surface area (Å²) in [6.07, 6.45) is 7.00. The van der Waals surface area contributed by atoms with Crippen LogP contribution in [0.2, 0.25) is 0 Å². The van der Waals surface area contributed by atoms with Gasteiger partial charge in [-0.3, -0.25) is 4.98 Å². The summed E-state index contributed by atoms with van der Waals surface area (Å²) in [5, 5.41) is 8.85. The molecule has 0 saturated heterocycles. The largest absolute Gasteiger partial charge is 0.439 e. The lowest BCUT2D eigenvalue weighted by atomic mass is 9.58. The maximum atomic E-state index is 14.4. The van der Waals surface area contributed by atoms with Crippen LogP contribution in [0.5, 0.6) is 0 Å². The van der Waals surface area contributed by atoms with Crippen LogP contribution in [-0.4, -0.2) is 25.1 Å². The molecule has 0 amide bonds. The molecule has 4 aromatic rings. The highest BCUT2D eigenvalue weighted by Gasteiger charge is 2.49. The molecule has 0 aliphatic heterocycles. The minimum atomic E-state index is -0.642. The van der Waals surface area contributed by atoms with Crippen LogP contribution in [-0.2, 0) is 5.41 Å². The molecule has 6 nitrogen and oxygen atoms in total. The summed E-state index contributed by atoms with van der Waals surface area (Å²) < 4.78 is 34.5. The van der Waals surface area contributed by atoms with Crippen molar-refractivity contribution in [3.63, 3.8) is 0 Å². The summed E-state index contributed by atoms with van der Waals surface area (Å²) in [5.41, 5.74) is 3.79. The lowest BCUT2D eigenvalue weighted by molar-refractivity contribution is 0.262. The van der Waals surface area contributed by atoms with Crippen LogP contribution in [0.1, 0.15) is 60.1 Å². The maximum Gasteiger partial charge on any atom is 0.191 e. The third-order valence-corrected chi connectivity index (χ3v) is 7.06. The smallest absolute Gasteiger partial charge is 0.191 e. The zero-order chi connectivity index (χ0) is 22.7. The predicted molar refractivity (Wildman–Crippen MR) is 116 cm³/mol. The van der Waals surface area contributed by atoms with Crippen LogP contribution < -0.4 is 0 Å². The van der Waals surface area contributed by atoms with Crippen LogP contribution in [0.3, 0.4) is 0 Å². The van der Waals surface area contributed by atoms with Crippen molar-refractivity contribution in [1.29, 1.82) is 0 Å². The van der Waals surface area contributed by atoms with Crippen LogP contribution in [0.4, 0.5) is 8.78 Å². The molecular weight excluding hydrogens is 424 g/mol. The van der Waals surface area contributed by atoms with E-state index in [2.05, 4.69) is 20.2 Å². The Kier molecular flexibility index (Phi) is 4.40. The molecule has 0 radical (unpaired) electrons. The molecule has 3 aromatic heterocycles. The Morgan fingerprint density at radius 3 is 2.39 bits per heavy atom. The van der Waals surface area contributed by atoms with Gasteiger partial charge in [0.2, 0.25) is 0 Å². The summed E-state index contributed by atoms with van der Waals surface area (Å²) in [5.74, 6) is 0.140. The Morgan fingerprint density at radius 1 is 0.939 bits per heavy atom. The zero-order valence-corrected chi connectivity index (χ0v) is 18.3. The van der Waals surface area contributed by atoms with Crippen molar-refractivity contribution in [2.45, 2.75) is 50.9 Å². The molecule has 3 aliphatic carbocycles. The Morgan fingerprint density at radius 2 is 1.70 bits per heavy atom. The quantitative estimate of drug-likeness (QED) is 0.418. The average molecular weight is 445 g/mol. The Labute approximate surface area is 189 Å². The SMILES string of the molecule is Cc1ncc(-c2cnc(C)c(C34CCC(CC3)c3cc(-c5c(F)cccc5F)nnc34)n2)o1. The highest BCUT2D eigenvalue weighted by molar-refractivity contribution is 5.63. The molecule has 0 spiro atoms. The summed E-state index contributed by atoms with van der Waals surface area (Å²) in [6.45, 7) is 3.73. The monoisotopic (exact) mass is 445 g/mol. The standard InChI is InChI=1S/C25H21F2N5O/c1-13-23(30-20(11-28-13)21-12-29-14(2)33-21)25-8-6-15(7-9-25)16-10-19(31-32-24(16)25)22-17(26)4-3-5-18(22)27/h3-5,10-12,15H,6-9H2,1-2H3. The second-order valence-electron chi connectivity index (χ2n) is 8.92. The van der Waals surface area contributed by atoms with E-state index in [1.807, 2.05) is 13.0 Å². The first kappa shape index (κ1) is 20.1. The van der Waals surface area contributed by atoms with E-state index in [1.165, 1.54) is 18.2 Å². The van der Waals surface area contributed by atoms with Gasteiger partial charge in [-0.1, -0.05) is 6.07 Å². The topological polar surface area (TPSA) is 77.6 Å². The molecule has 166 valence electrons. The van der Waals surface area contributed by atoms with E-state index in [0.29, 0.717) is 23.3 Å². The van der Waals surface area contributed by atoms with Crippen molar-refractivity contribution in [2.75, 3.05) is 0 Å². The minimum absolute atomic E-state index is 0.137. The van der Waals surface area contributed by atoms with Gasteiger partial charge in [-0.2, -0.15) is 5.10 Å². The van der Waals surface area contributed by atoms with Gasteiger partial charge < -0.3 is 4.42 Å². The van der Waals surface area contributed by atoms with Gasteiger partial charge in [0.05, 0.1) is 46.1 Å². The average Bonchev–Trinajstić information content (AvgIpc) is 3.26. The van der Waals surface area contributed by atoms with Crippen LogP contribution >= 0.6 is 0 Å². The van der Waals surface area contributed by atoms with E-state index in [-0.39, 0.29) is 11.3 Å². The van der Waals surface area contributed by atoms with Gasteiger partial charge in [0.25, 0.3) is 0 Å². The van der Waals surface area contributed by atoms with Gasteiger partial charge in [0.15, 0.2) is 11.7 Å². The number of oxazole rings is 1. The van der Waals surface area contributed by atoms with Gasteiger partial charge in [-0.15, -0.1) is 5.10 Å². The predicted octanol–water partition coefficient (Wildman–Crippen LogP) is 5.44. The van der Waals surface area contributed by atoms with Crippen molar-refractivity contribution in [3.8, 4) is 22.7 Å². The second kappa shape index (κ2) is 7.23. The van der Waals surface area contributed by atoms with Crippen LogP contribution in [0.25, 0.3) is 22.7 Å². The number of hydrogen-bond acceptors (Lipinski definition) is 6. The van der Waals surface area contributed by atoms with Gasteiger partial charge in [-0.05, 0) is 62.3 Å². The molecule has 0 unspecified atom stereocenters. The highest BCUT2D eigenvalue weighted by atomic mass is 19.1. The van der Waals surface area contributed by atoms with Gasteiger partial charge >= 0.3 is 0 Å². The summed E-state index contributed by atoms with van der Waals surface area (Å²) in [7, 11) is 0. The molecule has 1 saturated carbocycles. The van der Waals surface area contributed by atoms with E-state index in [4.69, 9.17) is 9.40 Å². The zero-order valence-electron chi connectivity index (χ0n) is 18.3. The Hall–Kier alpha value is -3.55. The number of rotatable bonds is 3. The van der Waals surface area contributed by atoms with E-state index >= 15 is 0 Å². The van der Waals surface area contributed by atoms with E-state index in [9.17, 15) is 8.78 Å². The van der Waals surface area contributed by atoms with E-state index in [0.717, 1.165) is 48.3 Å². The molecule has 0 atom stereocenters. The highest BCUT2D eigenvalue weighted by Crippen LogP contribution is 2.56. The first-order valence-electron chi connectivity index (χ1n) is 11.1. The van der Waals surface area contributed by atoms with Crippen molar-refractivity contribution in [1.82, 2.24) is 25.1 Å². The number of benzene rings is 1. The second-order valence-corrected chi connectivity index (χ2v) is 8.92. The molecule has 1 aromatic carbocycles. The number of aromatic nitrogens is 5. The molecule has 33 heavy (non-hydrogen) atoms. The number of fused-ring (bicyclic) bond motifs is 2. The number of halogens is 2. The molecule has 3 aliphatic rings. The van der Waals surface area contributed by atoms with Gasteiger partial charge in [-0.25, -0.2) is 18.7 Å². The molecular formula is C25H21F2N5O. The maximum absolute atomic E-state index is 14.4. The first-order chi connectivity index (χ1) is 16.0. The minimum Gasteiger partial charge on any atom is -0.439 e. The Balaban J connectivity index is 1.51. The molecule has 2 bridgehead atoms. The van der Waals surface area contributed by atoms with Crippen LogP contribution in [0.15, 0.2) is 41.1 Å². The lowest BCUT2D eigenvalue weighted by Gasteiger charge is -2.46. The summed E-state index contributed by atoms with van der Waals surface area (Å²) in [4.78, 5) is 13.8. The van der Waals surface area contributed by atoms with Gasteiger partial charge in [0.1, 0.15) is 17.3 Å². The fourth-order valence-corrected chi connectivity index (χ4v) is 5.46. The summed E-state index contributed by atoms with van der Waals surface area (Å²) in [6, 6.07) is 5.64. The third kappa shape index (κ3) is 3.00. The molecule has 8 heteroatoms. The fourth-order valence-electron chi connectivity index (χ4n) is 5.46. The molecule has 7 rings (SSSR count). The normalized spacial score (nSPS) is 21.3. The van der Waals surface area contributed by atoms with Crippen molar-refractivity contribution in [2.24, 2.45) is 0 Å². The van der Waals surface area contributed by atoms with E-state index < -0.39 is 17.0 Å². The number of aryl methyl sites for hydroxylation is 2. The number of nitrogens with zero attached hydrogens (tertiary/aromatic N) is 5. The molecule has 0 N–H and O–H groups in total. The number of hydrogen-bond donors (Lipinski definition) is 0. The van der Waals surface area contributed by atoms with Crippen LogP contribution in [0, 0.1) is 25.5 Å². The fraction of sp³-hybridized carbons (Fsp3) is 0.320. The first-order valence-corrected chi connectivity index (χ1v) is 11.1. The summed E-state index contributed by atoms with van der Waals surface area (Å²) >= 11 is 0. The van der Waals surface area contributed by atoms with Crippen molar-refractivity contribution < 1.29 is 13.2 Å². The van der Waals surface area contributed by atoms with Gasteiger partial charge in [0, 0.05) is 6.92 Å². The lowest BCUT2D eigenvalue weighted by Crippen LogP contribution is -2.41.